The maximum atomic E-state index is 4.61. The number of rotatable bonds is 4. The number of hydrogen-bond donors (Lipinski definition) is 0. The van der Waals surface area contributed by atoms with Gasteiger partial charge in [-0.15, -0.1) is 40.8 Å². The molecule has 0 aliphatic carbocycles. The Morgan fingerprint density at radius 2 is 1.35 bits per heavy atom. The van der Waals surface area contributed by atoms with Crippen molar-refractivity contribution in [1.29, 1.82) is 0 Å². The van der Waals surface area contributed by atoms with Gasteiger partial charge in [0.1, 0.15) is 0 Å². The second-order valence-corrected chi connectivity index (χ2v) is 17.7. The molecule has 1 radical (unpaired) electrons. The van der Waals surface area contributed by atoms with Gasteiger partial charge in [-0.25, -0.2) is 0 Å². The maximum absolute atomic E-state index is 4.61. The standard InChI is InChI=1S/C32H27N2.C19H24N.Ir/c1-32(2,3)20-22-12-14-23(15-13-22)25-18-24-16-17-33-21-28(24)31(19-25)34-29-10-6-4-8-26(29)27-9-5-7-11-30(27)34;1-18(2,3)15-9-7-8-14(12-15)17-11-10-16(13-20-17)19(4,5)6;/h4-6,8-19,21H,20H2,1-3H3;7,9-13H,1-6H3;/q2*-1;. The third-order valence-corrected chi connectivity index (χ3v) is 10.1. The Morgan fingerprint density at radius 1 is 0.618 bits per heavy atom. The molecule has 0 spiro atoms. The van der Waals surface area contributed by atoms with E-state index in [0.717, 1.165) is 34.3 Å². The number of pyridine rings is 2. The number of hydrogen-bond acceptors (Lipinski definition) is 2. The molecule has 0 atom stereocenters. The second-order valence-electron chi connectivity index (χ2n) is 17.7. The van der Waals surface area contributed by atoms with Crippen LogP contribution < -0.4 is 0 Å². The van der Waals surface area contributed by atoms with E-state index in [4.69, 9.17) is 0 Å². The van der Waals surface area contributed by atoms with E-state index in [2.05, 4.69) is 192 Å². The first-order valence-corrected chi connectivity index (χ1v) is 19.0. The van der Waals surface area contributed by atoms with Crippen molar-refractivity contribution in [2.75, 3.05) is 0 Å². The summed E-state index contributed by atoms with van der Waals surface area (Å²) in [5.74, 6) is 0. The zero-order valence-corrected chi connectivity index (χ0v) is 36.0. The third-order valence-electron chi connectivity index (χ3n) is 10.1. The predicted molar refractivity (Wildman–Crippen MR) is 229 cm³/mol. The van der Waals surface area contributed by atoms with E-state index in [1.165, 1.54) is 49.5 Å². The molecule has 3 heterocycles. The first-order chi connectivity index (χ1) is 25.7. The third kappa shape index (κ3) is 8.83. The number of fused-ring (bicyclic) bond motifs is 4. The van der Waals surface area contributed by atoms with Crippen molar-refractivity contribution >= 4 is 32.6 Å². The quantitative estimate of drug-likeness (QED) is 0.165. The summed E-state index contributed by atoms with van der Waals surface area (Å²) in [6, 6.07) is 47.8. The van der Waals surface area contributed by atoms with Gasteiger partial charge in [0.25, 0.3) is 0 Å². The fourth-order valence-electron chi connectivity index (χ4n) is 7.16. The van der Waals surface area contributed by atoms with Gasteiger partial charge in [-0.3, -0.25) is 4.98 Å². The Bertz CT molecular complexity index is 2500. The average Bonchev–Trinajstić information content (AvgIpc) is 3.48. The van der Waals surface area contributed by atoms with Crippen molar-refractivity contribution in [3.63, 3.8) is 0 Å². The normalized spacial score (nSPS) is 12.0. The van der Waals surface area contributed by atoms with Crippen LogP contribution in [0.25, 0.3) is 60.6 Å². The van der Waals surface area contributed by atoms with Gasteiger partial charge in [-0.2, -0.15) is 24.3 Å². The molecule has 0 aliphatic rings. The monoisotopic (exact) mass is 898 g/mol. The second kappa shape index (κ2) is 15.7. The van der Waals surface area contributed by atoms with E-state index < -0.39 is 0 Å². The largest absolute Gasteiger partial charge is 0.364 e. The van der Waals surface area contributed by atoms with E-state index in [1.807, 2.05) is 30.7 Å². The average molecular weight is 898 g/mol. The van der Waals surface area contributed by atoms with Crippen molar-refractivity contribution in [2.24, 2.45) is 5.41 Å². The minimum atomic E-state index is 0. The summed E-state index contributed by atoms with van der Waals surface area (Å²) in [4.78, 5) is 9.08. The molecule has 5 aromatic carbocycles. The molecule has 3 nitrogen and oxygen atoms in total. The summed E-state index contributed by atoms with van der Waals surface area (Å²) in [6.45, 7) is 20.1. The number of aromatic nitrogens is 3. The van der Waals surface area contributed by atoms with Gasteiger partial charge >= 0.3 is 0 Å². The Labute approximate surface area is 341 Å². The summed E-state index contributed by atoms with van der Waals surface area (Å²) in [7, 11) is 0. The maximum Gasteiger partial charge on any atom is 0.0446 e. The van der Waals surface area contributed by atoms with Crippen LogP contribution in [0.2, 0.25) is 0 Å². The van der Waals surface area contributed by atoms with Gasteiger partial charge in [-0.05, 0) is 85.7 Å². The summed E-state index contributed by atoms with van der Waals surface area (Å²) in [5.41, 5.74) is 12.5. The minimum absolute atomic E-state index is 0. The smallest absolute Gasteiger partial charge is 0.0446 e. The van der Waals surface area contributed by atoms with Crippen molar-refractivity contribution in [2.45, 2.75) is 79.6 Å². The Morgan fingerprint density at radius 3 is 2.04 bits per heavy atom. The molecule has 0 bridgehead atoms. The van der Waals surface area contributed by atoms with Crippen LogP contribution in [-0.4, -0.2) is 14.5 Å². The van der Waals surface area contributed by atoms with Gasteiger partial charge < -0.3 is 9.55 Å². The van der Waals surface area contributed by atoms with Crippen LogP contribution in [0.15, 0.2) is 134 Å². The van der Waals surface area contributed by atoms with Crippen molar-refractivity contribution in [3.05, 3.63) is 163 Å². The van der Waals surface area contributed by atoms with Crippen LogP contribution in [0.5, 0.6) is 0 Å². The van der Waals surface area contributed by atoms with E-state index in [0.29, 0.717) is 0 Å². The summed E-state index contributed by atoms with van der Waals surface area (Å²) in [5, 5.41) is 4.82. The zero-order valence-electron chi connectivity index (χ0n) is 33.6. The summed E-state index contributed by atoms with van der Waals surface area (Å²) in [6.07, 6.45) is 6.91. The van der Waals surface area contributed by atoms with Crippen LogP contribution in [0, 0.1) is 17.5 Å². The summed E-state index contributed by atoms with van der Waals surface area (Å²) >= 11 is 0. The van der Waals surface area contributed by atoms with Crippen LogP contribution in [0.4, 0.5) is 0 Å². The molecule has 3 aromatic heterocycles. The van der Waals surface area contributed by atoms with Gasteiger partial charge in [0.05, 0.1) is 0 Å². The van der Waals surface area contributed by atoms with E-state index in [9.17, 15) is 0 Å². The van der Waals surface area contributed by atoms with Gasteiger partial charge in [0.15, 0.2) is 0 Å². The van der Waals surface area contributed by atoms with Crippen LogP contribution >= 0.6 is 0 Å². The first kappa shape index (κ1) is 39.8. The van der Waals surface area contributed by atoms with Crippen molar-refractivity contribution in [1.82, 2.24) is 14.5 Å². The number of nitrogens with zero attached hydrogens (tertiary/aromatic N) is 3. The minimum Gasteiger partial charge on any atom is -0.364 e. The first-order valence-electron chi connectivity index (χ1n) is 19.0. The molecule has 0 N–H and O–H groups in total. The molecular weight excluding hydrogens is 847 g/mol. The molecule has 55 heavy (non-hydrogen) atoms. The van der Waals surface area contributed by atoms with Crippen molar-refractivity contribution < 1.29 is 20.1 Å². The molecule has 281 valence electrons. The molecule has 4 heteroatoms. The molecule has 0 saturated heterocycles. The number of benzene rings is 5. The molecule has 0 fully saturated rings. The number of para-hydroxylation sites is 1. The van der Waals surface area contributed by atoms with Crippen LogP contribution in [0.3, 0.4) is 0 Å². The Balaban J connectivity index is 0.000000211. The van der Waals surface area contributed by atoms with Crippen LogP contribution in [0.1, 0.15) is 79.0 Å². The molecule has 0 amide bonds. The molecule has 8 aromatic rings. The van der Waals surface area contributed by atoms with E-state index >= 15 is 0 Å². The van der Waals surface area contributed by atoms with E-state index in [-0.39, 0.29) is 36.4 Å². The molecule has 0 aliphatic heterocycles. The van der Waals surface area contributed by atoms with Gasteiger partial charge in [0, 0.05) is 55.3 Å². The van der Waals surface area contributed by atoms with E-state index in [1.54, 1.807) is 0 Å². The Kier molecular flexibility index (Phi) is 11.4. The summed E-state index contributed by atoms with van der Waals surface area (Å²) < 4.78 is 2.36. The zero-order chi connectivity index (χ0) is 38.3. The fraction of sp³-hybridized carbons (Fsp3) is 0.255. The van der Waals surface area contributed by atoms with Crippen LogP contribution in [-0.2, 0) is 37.4 Å². The van der Waals surface area contributed by atoms with Gasteiger partial charge in [-0.1, -0.05) is 122 Å². The fourth-order valence-corrected chi connectivity index (χ4v) is 7.16. The predicted octanol–water partition coefficient (Wildman–Crippen LogP) is 13.5. The van der Waals surface area contributed by atoms with Gasteiger partial charge in [0.2, 0.25) is 0 Å². The Hall–Kier alpha value is -4.89. The topological polar surface area (TPSA) is 30.7 Å². The molecule has 0 unspecified atom stereocenters. The molecule has 0 saturated carbocycles. The molecular formula is C51H51IrN3-2. The molecule has 8 rings (SSSR count). The SMILES string of the molecule is CC(C)(C)Cc1ccc(-c2cc(-n3c4c[c-]ccc4c4ccccc43)c3cnccc3c2)cc1.CC(C)(C)c1ccc(-c2[c-]ccc(C(C)(C)C)c2)nc1.[Ir]. The van der Waals surface area contributed by atoms with Crippen molar-refractivity contribution in [3.8, 4) is 28.1 Å².